The number of benzene rings is 1. The Morgan fingerprint density at radius 2 is 2.14 bits per heavy atom. The first-order chi connectivity index (χ1) is 10.1. The molecule has 0 spiro atoms. The molecule has 1 aromatic rings. The highest BCUT2D eigenvalue weighted by molar-refractivity contribution is 14.1. The quantitative estimate of drug-likeness (QED) is 0.483. The van der Waals surface area contributed by atoms with Crippen molar-refractivity contribution in [3.05, 3.63) is 40.0 Å². The van der Waals surface area contributed by atoms with E-state index in [4.69, 9.17) is 4.74 Å². The van der Waals surface area contributed by atoms with Crippen LogP contribution in [0.3, 0.4) is 0 Å². The summed E-state index contributed by atoms with van der Waals surface area (Å²) in [5.41, 5.74) is 0.714. The number of hydrogen-bond acceptors (Lipinski definition) is 3. The molecule has 1 saturated carbocycles. The number of fused-ring (bicyclic) bond motifs is 2. The Morgan fingerprint density at radius 3 is 2.81 bits per heavy atom. The number of nitrogens with one attached hydrogen (secondary N) is 1. The molecule has 0 aliphatic heterocycles. The maximum atomic E-state index is 12.0. The van der Waals surface area contributed by atoms with Crippen LogP contribution in [0.25, 0.3) is 0 Å². The fourth-order valence-corrected chi connectivity index (χ4v) is 3.60. The van der Waals surface area contributed by atoms with Gasteiger partial charge >= 0.3 is 5.97 Å². The first-order valence-corrected chi connectivity index (χ1v) is 8.10. The van der Waals surface area contributed by atoms with E-state index in [1.165, 1.54) is 0 Å². The second-order valence-electron chi connectivity index (χ2n) is 5.55. The van der Waals surface area contributed by atoms with Crippen molar-refractivity contribution in [2.24, 2.45) is 17.8 Å². The SMILES string of the molecule is O=C(COC(=O)C1CC2C=CC1C2)Nc1cccc(I)c1. The number of rotatable bonds is 4. The van der Waals surface area contributed by atoms with Crippen molar-refractivity contribution in [3.8, 4) is 0 Å². The van der Waals surface area contributed by atoms with E-state index in [1.54, 1.807) is 0 Å². The third kappa shape index (κ3) is 3.45. The molecule has 4 nitrogen and oxygen atoms in total. The zero-order valence-corrected chi connectivity index (χ0v) is 13.6. The molecule has 0 radical (unpaired) electrons. The average Bonchev–Trinajstić information content (AvgIpc) is 3.07. The van der Waals surface area contributed by atoms with Crippen LogP contribution in [0, 0.1) is 21.3 Å². The molecule has 0 saturated heterocycles. The van der Waals surface area contributed by atoms with E-state index in [0.29, 0.717) is 17.5 Å². The summed E-state index contributed by atoms with van der Waals surface area (Å²) in [6.07, 6.45) is 6.19. The van der Waals surface area contributed by atoms with Gasteiger partial charge in [-0.2, -0.15) is 0 Å². The van der Waals surface area contributed by atoms with Crippen molar-refractivity contribution in [2.75, 3.05) is 11.9 Å². The van der Waals surface area contributed by atoms with Crippen molar-refractivity contribution in [2.45, 2.75) is 12.8 Å². The van der Waals surface area contributed by atoms with Crippen molar-refractivity contribution < 1.29 is 14.3 Å². The van der Waals surface area contributed by atoms with Crippen LogP contribution in [0.1, 0.15) is 12.8 Å². The maximum absolute atomic E-state index is 12.0. The lowest BCUT2D eigenvalue weighted by atomic mass is 9.94. The van der Waals surface area contributed by atoms with Gasteiger partial charge in [0, 0.05) is 9.26 Å². The van der Waals surface area contributed by atoms with Crippen LogP contribution in [0.2, 0.25) is 0 Å². The summed E-state index contributed by atoms with van der Waals surface area (Å²) in [5.74, 6) is 0.216. The number of hydrogen-bond donors (Lipinski definition) is 1. The summed E-state index contributed by atoms with van der Waals surface area (Å²) in [6.45, 7) is -0.220. The third-order valence-electron chi connectivity index (χ3n) is 4.04. The highest BCUT2D eigenvalue weighted by Crippen LogP contribution is 2.43. The fraction of sp³-hybridized carbons (Fsp3) is 0.375. The topological polar surface area (TPSA) is 55.4 Å². The van der Waals surface area contributed by atoms with Gasteiger partial charge in [-0.3, -0.25) is 9.59 Å². The summed E-state index contributed by atoms with van der Waals surface area (Å²) in [5, 5.41) is 2.73. The van der Waals surface area contributed by atoms with Gasteiger partial charge in [-0.15, -0.1) is 0 Å². The van der Waals surface area contributed by atoms with Crippen LogP contribution in [-0.4, -0.2) is 18.5 Å². The van der Waals surface area contributed by atoms with Gasteiger partial charge < -0.3 is 10.1 Å². The van der Waals surface area contributed by atoms with Gasteiger partial charge in [-0.25, -0.2) is 0 Å². The largest absolute Gasteiger partial charge is 0.455 e. The number of carbonyl (C=O) groups is 2. The fourth-order valence-electron chi connectivity index (χ4n) is 3.06. The number of esters is 1. The third-order valence-corrected chi connectivity index (χ3v) is 4.71. The van der Waals surface area contributed by atoms with Crippen LogP contribution in [-0.2, 0) is 14.3 Å². The molecule has 1 N–H and O–H groups in total. The van der Waals surface area contributed by atoms with Gasteiger partial charge in [-0.1, -0.05) is 18.2 Å². The minimum atomic E-state index is -0.302. The molecule has 0 heterocycles. The highest BCUT2D eigenvalue weighted by Gasteiger charge is 2.40. The van der Waals surface area contributed by atoms with E-state index in [2.05, 4.69) is 40.1 Å². The van der Waals surface area contributed by atoms with Crippen LogP contribution in [0.4, 0.5) is 5.69 Å². The molecule has 2 bridgehead atoms. The molecular weight excluding hydrogens is 381 g/mol. The van der Waals surface area contributed by atoms with Gasteiger partial charge in [0.2, 0.25) is 0 Å². The van der Waals surface area contributed by atoms with E-state index >= 15 is 0 Å². The molecule has 21 heavy (non-hydrogen) atoms. The van der Waals surface area contributed by atoms with E-state index in [-0.39, 0.29) is 24.4 Å². The van der Waals surface area contributed by atoms with E-state index in [9.17, 15) is 9.59 Å². The molecule has 0 aromatic heterocycles. The van der Waals surface area contributed by atoms with Crippen molar-refractivity contribution >= 4 is 40.2 Å². The zero-order valence-electron chi connectivity index (χ0n) is 11.4. The molecule has 1 aromatic carbocycles. The first kappa shape index (κ1) is 14.6. The monoisotopic (exact) mass is 397 g/mol. The Kier molecular flexibility index (Phi) is 4.28. The number of anilines is 1. The summed E-state index contributed by atoms with van der Waals surface area (Å²) in [7, 11) is 0. The van der Waals surface area contributed by atoms with E-state index < -0.39 is 0 Å². The minimum Gasteiger partial charge on any atom is -0.455 e. The number of amides is 1. The number of ether oxygens (including phenoxy) is 1. The smallest absolute Gasteiger partial charge is 0.310 e. The van der Waals surface area contributed by atoms with Crippen LogP contribution < -0.4 is 5.32 Å². The summed E-state index contributed by atoms with van der Waals surface area (Å²) >= 11 is 2.18. The molecule has 1 fully saturated rings. The second kappa shape index (κ2) is 6.17. The lowest BCUT2D eigenvalue weighted by Gasteiger charge is -2.16. The Hall–Kier alpha value is -1.37. The summed E-state index contributed by atoms with van der Waals surface area (Å²) in [4.78, 5) is 23.8. The predicted molar refractivity (Wildman–Crippen MR) is 87.6 cm³/mol. The Balaban J connectivity index is 1.47. The van der Waals surface area contributed by atoms with Gasteiger partial charge in [0.05, 0.1) is 5.92 Å². The maximum Gasteiger partial charge on any atom is 0.310 e. The molecule has 1 amide bonds. The Morgan fingerprint density at radius 1 is 1.29 bits per heavy atom. The predicted octanol–water partition coefficient (Wildman–Crippen LogP) is 2.99. The molecule has 110 valence electrons. The van der Waals surface area contributed by atoms with Crippen LogP contribution >= 0.6 is 22.6 Å². The van der Waals surface area contributed by atoms with Crippen LogP contribution in [0.15, 0.2) is 36.4 Å². The molecule has 2 aliphatic carbocycles. The van der Waals surface area contributed by atoms with Gasteiger partial charge in [0.25, 0.3) is 5.91 Å². The van der Waals surface area contributed by atoms with E-state index in [0.717, 1.165) is 16.4 Å². The molecule has 5 heteroatoms. The Labute approximate surface area is 137 Å². The normalized spacial score (nSPS) is 25.9. The van der Waals surface area contributed by atoms with Gasteiger partial charge in [0.1, 0.15) is 0 Å². The number of allylic oxidation sites excluding steroid dienone is 2. The number of halogens is 1. The molecule has 3 atom stereocenters. The second-order valence-corrected chi connectivity index (χ2v) is 6.80. The summed E-state index contributed by atoms with van der Waals surface area (Å²) < 4.78 is 6.19. The van der Waals surface area contributed by atoms with E-state index in [1.807, 2.05) is 24.3 Å². The lowest BCUT2D eigenvalue weighted by molar-refractivity contribution is -0.152. The standard InChI is InChI=1S/C16H16INO3/c17-12-2-1-3-13(8-12)18-15(19)9-21-16(20)14-7-10-4-5-11(14)6-10/h1-5,8,10-11,14H,6-7,9H2,(H,18,19). The first-order valence-electron chi connectivity index (χ1n) is 7.02. The molecule has 3 rings (SSSR count). The summed E-state index contributed by atoms with van der Waals surface area (Å²) in [6, 6.07) is 7.48. The van der Waals surface area contributed by atoms with Crippen molar-refractivity contribution in [3.63, 3.8) is 0 Å². The van der Waals surface area contributed by atoms with Gasteiger partial charge in [0.15, 0.2) is 6.61 Å². The molecule has 2 aliphatic rings. The molecular formula is C16H16INO3. The van der Waals surface area contributed by atoms with Crippen molar-refractivity contribution in [1.29, 1.82) is 0 Å². The van der Waals surface area contributed by atoms with Gasteiger partial charge in [-0.05, 0) is 65.5 Å². The lowest BCUT2D eigenvalue weighted by Crippen LogP contribution is -2.26. The number of carbonyl (C=O) groups excluding carboxylic acids is 2. The molecule has 3 unspecified atom stereocenters. The van der Waals surface area contributed by atoms with Crippen molar-refractivity contribution in [1.82, 2.24) is 0 Å². The highest BCUT2D eigenvalue weighted by atomic mass is 127. The minimum absolute atomic E-state index is 0.0644. The zero-order chi connectivity index (χ0) is 14.8. The Bertz CT molecular complexity index is 599. The average molecular weight is 397 g/mol. The van der Waals surface area contributed by atoms with Crippen LogP contribution in [0.5, 0.6) is 0 Å².